The lowest BCUT2D eigenvalue weighted by Gasteiger charge is -2.12. The molecule has 0 saturated heterocycles. The second-order valence-corrected chi connectivity index (χ2v) is 7.27. The van der Waals surface area contributed by atoms with Gasteiger partial charge in [-0.05, 0) is 42.8 Å². The van der Waals surface area contributed by atoms with E-state index in [2.05, 4.69) is 21.2 Å². The molecule has 0 radical (unpaired) electrons. The van der Waals surface area contributed by atoms with Crippen molar-refractivity contribution in [2.24, 2.45) is 0 Å². The summed E-state index contributed by atoms with van der Waals surface area (Å²) in [6.45, 7) is 2.01. The van der Waals surface area contributed by atoms with Crippen molar-refractivity contribution >= 4 is 38.4 Å². The van der Waals surface area contributed by atoms with Crippen LogP contribution in [0, 0.1) is 6.92 Å². The van der Waals surface area contributed by atoms with E-state index in [1.165, 1.54) is 0 Å². The molecule has 0 atom stereocenters. The van der Waals surface area contributed by atoms with Crippen LogP contribution in [0.2, 0.25) is 0 Å². The second kappa shape index (κ2) is 7.33. The highest BCUT2D eigenvalue weighted by Crippen LogP contribution is 2.27. The Kier molecular flexibility index (Phi) is 4.73. The second-order valence-electron chi connectivity index (χ2n) is 6.35. The van der Waals surface area contributed by atoms with Gasteiger partial charge in [-0.25, -0.2) is 4.98 Å². The van der Waals surface area contributed by atoms with Crippen molar-refractivity contribution in [1.82, 2.24) is 4.98 Å². The molecule has 1 N–H and O–H groups in total. The van der Waals surface area contributed by atoms with E-state index in [1.807, 2.05) is 85.8 Å². The number of nitrogens with one attached hydrogen (secondary N) is 1. The number of benzene rings is 3. The lowest BCUT2D eigenvalue weighted by atomic mass is 10.0. The van der Waals surface area contributed by atoms with Gasteiger partial charge in [0.05, 0.1) is 16.8 Å². The molecule has 0 aliphatic heterocycles. The van der Waals surface area contributed by atoms with E-state index >= 15 is 0 Å². The quantitative estimate of drug-likeness (QED) is 0.430. The normalized spacial score (nSPS) is 10.7. The number of hydrogen-bond acceptors (Lipinski definition) is 2. The Morgan fingerprint density at radius 1 is 0.926 bits per heavy atom. The van der Waals surface area contributed by atoms with Crippen molar-refractivity contribution < 1.29 is 4.79 Å². The van der Waals surface area contributed by atoms with Crippen molar-refractivity contribution in [2.75, 3.05) is 5.32 Å². The van der Waals surface area contributed by atoms with Crippen LogP contribution >= 0.6 is 15.9 Å². The van der Waals surface area contributed by atoms with Crippen molar-refractivity contribution in [2.45, 2.75) is 6.92 Å². The van der Waals surface area contributed by atoms with Crippen LogP contribution in [-0.2, 0) is 0 Å². The minimum atomic E-state index is -0.146. The van der Waals surface area contributed by atoms with Gasteiger partial charge in [-0.1, -0.05) is 64.5 Å². The molecule has 4 rings (SSSR count). The maximum atomic E-state index is 13.1. The SMILES string of the molecule is Cc1cccc2c(C(=O)Nc3ccc(Br)cc3)cc(-c3ccccc3)nc12. The highest BCUT2D eigenvalue weighted by Gasteiger charge is 2.15. The summed E-state index contributed by atoms with van der Waals surface area (Å²) < 4.78 is 0.969. The smallest absolute Gasteiger partial charge is 0.256 e. The molecule has 1 amide bonds. The van der Waals surface area contributed by atoms with E-state index in [-0.39, 0.29) is 5.91 Å². The van der Waals surface area contributed by atoms with Gasteiger partial charge >= 0.3 is 0 Å². The lowest BCUT2D eigenvalue weighted by Crippen LogP contribution is -2.13. The van der Waals surface area contributed by atoms with Crippen molar-refractivity contribution in [1.29, 1.82) is 0 Å². The third-order valence-electron chi connectivity index (χ3n) is 4.46. The van der Waals surface area contributed by atoms with Gasteiger partial charge in [0.25, 0.3) is 5.91 Å². The standard InChI is InChI=1S/C23H17BrN2O/c1-15-6-5-9-19-20(23(27)25-18-12-10-17(24)11-13-18)14-21(26-22(15)19)16-7-3-2-4-8-16/h2-14H,1H3,(H,25,27). The minimum Gasteiger partial charge on any atom is -0.322 e. The molecule has 27 heavy (non-hydrogen) atoms. The van der Waals surface area contributed by atoms with E-state index in [0.29, 0.717) is 5.56 Å². The number of hydrogen-bond donors (Lipinski definition) is 1. The fourth-order valence-corrected chi connectivity index (χ4v) is 3.33. The number of amides is 1. The Morgan fingerprint density at radius 3 is 2.41 bits per heavy atom. The van der Waals surface area contributed by atoms with Crippen LogP contribution in [0.15, 0.2) is 83.3 Å². The van der Waals surface area contributed by atoms with Gasteiger partial charge in [0, 0.05) is 21.1 Å². The zero-order valence-corrected chi connectivity index (χ0v) is 16.3. The van der Waals surface area contributed by atoms with Crippen LogP contribution in [0.1, 0.15) is 15.9 Å². The number of para-hydroxylation sites is 1. The lowest BCUT2D eigenvalue weighted by molar-refractivity contribution is 0.102. The summed E-state index contributed by atoms with van der Waals surface area (Å²) in [5.41, 5.74) is 5.04. The zero-order valence-electron chi connectivity index (χ0n) is 14.7. The molecule has 0 unspecified atom stereocenters. The molecule has 0 aliphatic rings. The maximum absolute atomic E-state index is 13.1. The maximum Gasteiger partial charge on any atom is 0.256 e. The molecule has 0 saturated carbocycles. The van der Waals surface area contributed by atoms with Crippen molar-refractivity contribution in [3.8, 4) is 11.3 Å². The summed E-state index contributed by atoms with van der Waals surface area (Å²) >= 11 is 3.41. The molecular formula is C23H17BrN2O. The predicted octanol–water partition coefficient (Wildman–Crippen LogP) is 6.23. The van der Waals surface area contributed by atoms with Crippen LogP contribution in [0.25, 0.3) is 22.2 Å². The molecule has 1 heterocycles. The van der Waals surface area contributed by atoms with Crippen LogP contribution in [-0.4, -0.2) is 10.9 Å². The minimum absolute atomic E-state index is 0.146. The number of rotatable bonds is 3. The summed E-state index contributed by atoms with van der Waals surface area (Å²) in [7, 11) is 0. The Labute approximate surface area is 166 Å². The summed E-state index contributed by atoms with van der Waals surface area (Å²) in [6.07, 6.45) is 0. The number of halogens is 1. The molecule has 0 aliphatic carbocycles. The van der Waals surface area contributed by atoms with E-state index in [9.17, 15) is 4.79 Å². The van der Waals surface area contributed by atoms with Gasteiger partial charge in [0.1, 0.15) is 0 Å². The first-order valence-corrected chi connectivity index (χ1v) is 9.44. The Balaban J connectivity index is 1.84. The highest BCUT2D eigenvalue weighted by atomic mass is 79.9. The molecule has 3 nitrogen and oxygen atoms in total. The molecule has 4 heteroatoms. The number of aromatic nitrogens is 1. The van der Waals surface area contributed by atoms with Crippen molar-refractivity contribution in [3.05, 3.63) is 94.5 Å². The Hall–Kier alpha value is -2.98. The van der Waals surface area contributed by atoms with Crippen LogP contribution in [0.5, 0.6) is 0 Å². The van der Waals surface area contributed by atoms with Gasteiger partial charge in [-0.15, -0.1) is 0 Å². The Bertz CT molecular complexity index is 1120. The molecule has 132 valence electrons. The van der Waals surface area contributed by atoms with E-state index in [0.717, 1.165) is 37.9 Å². The first-order valence-electron chi connectivity index (χ1n) is 8.64. The number of carbonyl (C=O) groups is 1. The predicted molar refractivity (Wildman–Crippen MR) is 114 cm³/mol. The monoisotopic (exact) mass is 416 g/mol. The number of anilines is 1. The van der Waals surface area contributed by atoms with Gasteiger partial charge < -0.3 is 5.32 Å². The molecule has 4 aromatic rings. The van der Waals surface area contributed by atoms with E-state index < -0.39 is 0 Å². The van der Waals surface area contributed by atoms with Crippen LogP contribution in [0.4, 0.5) is 5.69 Å². The summed E-state index contributed by atoms with van der Waals surface area (Å²) in [5, 5.41) is 3.84. The molecular weight excluding hydrogens is 400 g/mol. The van der Waals surface area contributed by atoms with Crippen LogP contribution in [0.3, 0.4) is 0 Å². The van der Waals surface area contributed by atoms with Gasteiger partial charge in [0.15, 0.2) is 0 Å². The molecule has 0 bridgehead atoms. The number of nitrogens with zero attached hydrogens (tertiary/aromatic N) is 1. The van der Waals surface area contributed by atoms with Gasteiger partial charge in [-0.2, -0.15) is 0 Å². The average Bonchev–Trinajstić information content (AvgIpc) is 2.70. The Morgan fingerprint density at radius 2 is 1.67 bits per heavy atom. The highest BCUT2D eigenvalue weighted by molar-refractivity contribution is 9.10. The zero-order chi connectivity index (χ0) is 18.8. The summed E-state index contributed by atoms with van der Waals surface area (Å²) in [5.74, 6) is -0.146. The molecule has 0 spiro atoms. The fraction of sp³-hybridized carbons (Fsp3) is 0.0435. The third-order valence-corrected chi connectivity index (χ3v) is 4.99. The van der Waals surface area contributed by atoms with Crippen LogP contribution < -0.4 is 5.32 Å². The average molecular weight is 417 g/mol. The van der Waals surface area contributed by atoms with Gasteiger partial charge in [-0.3, -0.25) is 4.79 Å². The number of carbonyl (C=O) groups excluding carboxylic acids is 1. The van der Waals surface area contributed by atoms with Gasteiger partial charge in [0.2, 0.25) is 0 Å². The largest absolute Gasteiger partial charge is 0.322 e. The summed E-state index contributed by atoms with van der Waals surface area (Å²) in [4.78, 5) is 17.9. The fourth-order valence-electron chi connectivity index (χ4n) is 3.07. The topological polar surface area (TPSA) is 42.0 Å². The first kappa shape index (κ1) is 17.4. The molecule has 1 aromatic heterocycles. The van der Waals surface area contributed by atoms with E-state index in [4.69, 9.17) is 4.98 Å². The number of fused-ring (bicyclic) bond motifs is 1. The third kappa shape index (κ3) is 3.62. The molecule has 3 aromatic carbocycles. The van der Waals surface area contributed by atoms with Crippen molar-refractivity contribution in [3.63, 3.8) is 0 Å². The number of aryl methyl sites for hydroxylation is 1. The number of pyridine rings is 1. The first-order chi connectivity index (χ1) is 13.1. The summed E-state index contributed by atoms with van der Waals surface area (Å²) in [6, 6.07) is 25.2. The molecule has 0 fully saturated rings. The van der Waals surface area contributed by atoms with E-state index in [1.54, 1.807) is 0 Å².